The van der Waals surface area contributed by atoms with Crippen molar-refractivity contribution in [3.63, 3.8) is 0 Å². The molecule has 2 rings (SSSR count). The van der Waals surface area contributed by atoms with Crippen LogP contribution >= 0.6 is 0 Å². The molecule has 2 aromatic rings. The zero-order valence-corrected chi connectivity index (χ0v) is 16.8. The lowest BCUT2D eigenvalue weighted by Gasteiger charge is -2.12. The molecule has 0 radical (unpaired) electrons. The van der Waals surface area contributed by atoms with E-state index in [1.807, 2.05) is 0 Å². The fourth-order valence-corrected chi connectivity index (χ4v) is 2.56. The molecule has 0 saturated carbocycles. The van der Waals surface area contributed by atoms with Crippen molar-refractivity contribution in [1.29, 1.82) is 0 Å². The maximum atomic E-state index is 12.7. The van der Waals surface area contributed by atoms with Gasteiger partial charge in [0.05, 0.1) is 32.5 Å². The Morgan fingerprint density at radius 2 is 1.58 bits per heavy atom. The van der Waals surface area contributed by atoms with Crippen LogP contribution in [0.15, 0.2) is 42.5 Å². The first-order valence-electron chi connectivity index (χ1n) is 8.71. The van der Waals surface area contributed by atoms with Gasteiger partial charge in [-0.1, -0.05) is 12.1 Å². The summed E-state index contributed by atoms with van der Waals surface area (Å²) in [7, 11) is 3.63. The van der Waals surface area contributed by atoms with Gasteiger partial charge in [-0.25, -0.2) is 9.59 Å². The van der Waals surface area contributed by atoms with Crippen LogP contribution in [0.2, 0.25) is 0 Å². The predicted octanol–water partition coefficient (Wildman–Crippen LogP) is 3.52. The Bertz CT molecular complexity index is 971. The van der Waals surface area contributed by atoms with Crippen molar-refractivity contribution in [2.75, 3.05) is 26.6 Å². The number of hydrogen-bond donors (Lipinski definition) is 1. The topological polar surface area (TPSA) is 100 Å². The summed E-state index contributed by atoms with van der Waals surface area (Å²) >= 11 is 0. The third-order valence-electron chi connectivity index (χ3n) is 3.89. The van der Waals surface area contributed by atoms with Gasteiger partial charge in [0.25, 0.3) is 0 Å². The van der Waals surface area contributed by atoms with E-state index >= 15 is 0 Å². The zero-order valence-electron chi connectivity index (χ0n) is 16.8. The summed E-state index contributed by atoms with van der Waals surface area (Å²) in [4.78, 5) is 36.0. The van der Waals surface area contributed by atoms with Crippen LogP contribution < -0.4 is 14.8 Å². The lowest BCUT2D eigenvalue weighted by Crippen LogP contribution is -2.12. The lowest BCUT2D eigenvalue weighted by atomic mass is 10.1. The molecule has 0 aromatic heterocycles. The molecule has 0 unspecified atom stereocenters. The Hall–Kier alpha value is -3.95. The smallest absolute Gasteiger partial charge is 0.387 e. The van der Waals surface area contributed by atoms with Crippen molar-refractivity contribution < 1.29 is 42.1 Å². The van der Waals surface area contributed by atoms with Gasteiger partial charge in [0.2, 0.25) is 5.91 Å². The van der Waals surface area contributed by atoms with Gasteiger partial charge in [-0.2, -0.15) is 8.78 Å². The number of halogens is 2. The Morgan fingerprint density at radius 3 is 2.10 bits per heavy atom. The Morgan fingerprint density at radius 1 is 0.968 bits per heavy atom. The first-order valence-corrected chi connectivity index (χ1v) is 8.71. The van der Waals surface area contributed by atoms with Gasteiger partial charge in [-0.3, -0.25) is 4.79 Å². The van der Waals surface area contributed by atoms with E-state index in [1.54, 1.807) is 0 Å². The summed E-state index contributed by atoms with van der Waals surface area (Å²) in [6.45, 7) is -3.09. The molecule has 31 heavy (non-hydrogen) atoms. The van der Waals surface area contributed by atoms with E-state index in [0.29, 0.717) is 0 Å². The van der Waals surface area contributed by atoms with Crippen LogP contribution in [0.3, 0.4) is 0 Å². The number of rotatable bonds is 8. The number of methoxy groups -OCH3 is 3. The van der Waals surface area contributed by atoms with Crippen molar-refractivity contribution in [3.8, 4) is 11.5 Å². The number of amides is 1. The number of esters is 2. The van der Waals surface area contributed by atoms with Crippen LogP contribution in [-0.2, 0) is 14.3 Å². The number of hydrogen-bond acceptors (Lipinski definition) is 7. The second-order valence-electron chi connectivity index (χ2n) is 5.86. The Labute approximate surface area is 176 Å². The number of ether oxygens (including phenoxy) is 4. The van der Waals surface area contributed by atoms with Gasteiger partial charge in [0.1, 0.15) is 0 Å². The average Bonchev–Trinajstić information content (AvgIpc) is 2.76. The summed E-state index contributed by atoms with van der Waals surface area (Å²) < 4.78 is 44.2. The molecule has 0 heterocycles. The molecule has 164 valence electrons. The van der Waals surface area contributed by atoms with Crippen molar-refractivity contribution in [2.45, 2.75) is 6.61 Å². The second-order valence-corrected chi connectivity index (χ2v) is 5.86. The van der Waals surface area contributed by atoms with E-state index in [2.05, 4.69) is 19.5 Å². The van der Waals surface area contributed by atoms with Crippen molar-refractivity contribution in [1.82, 2.24) is 0 Å². The third-order valence-corrected chi connectivity index (χ3v) is 3.89. The lowest BCUT2D eigenvalue weighted by molar-refractivity contribution is -0.111. The molecule has 0 aliphatic heterocycles. The highest BCUT2D eigenvalue weighted by atomic mass is 19.3. The standard InChI is InChI=1S/C21H19F2NO7/c1-28-16-6-4-5-12(18(16)31-21(22)23)7-8-17(25)24-15-10-13(19(26)29-2)9-14(11-15)20(27)30-3/h4-11,21H,1-3H3,(H,24,25)/b8-7+. The Kier molecular flexibility index (Phi) is 8.07. The summed E-state index contributed by atoms with van der Waals surface area (Å²) in [6, 6.07) is 8.30. The van der Waals surface area contributed by atoms with Crippen LogP contribution in [-0.4, -0.2) is 45.8 Å². The highest BCUT2D eigenvalue weighted by molar-refractivity contribution is 6.04. The molecule has 1 amide bonds. The van der Waals surface area contributed by atoms with Crippen molar-refractivity contribution in [2.24, 2.45) is 0 Å². The number of carbonyl (C=O) groups excluding carboxylic acids is 3. The molecule has 0 bridgehead atoms. The maximum Gasteiger partial charge on any atom is 0.387 e. The quantitative estimate of drug-likeness (QED) is 0.500. The van der Waals surface area contributed by atoms with E-state index in [1.165, 1.54) is 63.8 Å². The second kappa shape index (κ2) is 10.7. The number of nitrogens with one attached hydrogen (secondary N) is 1. The highest BCUT2D eigenvalue weighted by Gasteiger charge is 2.16. The fraction of sp³-hybridized carbons (Fsp3) is 0.190. The molecule has 0 saturated heterocycles. The van der Waals surface area contributed by atoms with Crippen molar-refractivity contribution in [3.05, 3.63) is 59.2 Å². The molecule has 0 aliphatic rings. The molecule has 10 heteroatoms. The first kappa shape index (κ1) is 23.3. The molecule has 0 spiro atoms. The average molecular weight is 435 g/mol. The summed E-state index contributed by atoms with van der Waals surface area (Å²) in [6.07, 6.45) is 2.32. The SMILES string of the molecule is COC(=O)c1cc(NC(=O)/C=C/c2cccc(OC)c2OC(F)F)cc(C(=O)OC)c1. The minimum absolute atomic E-state index is 0.0186. The molecule has 1 N–H and O–H groups in total. The summed E-state index contributed by atoms with van der Waals surface area (Å²) in [5.74, 6) is -2.27. The van der Waals surface area contributed by atoms with E-state index in [0.717, 1.165) is 6.08 Å². The number of benzene rings is 2. The van der Waals surface area contributed by atoms with E-state index in [9.17, 15) is 23.2 Å². The fourth-order valence-electron chi connectivity index (χ4n) is 2.56. The summed E-state index contributed by atoms with van der Waals surface area (Å²) in [5.41, 5.74) is 0.330. The molecule has 0 atom stereocenters. The largest absolute Gasteiger partial charge is 0.493 e. The Balaban J connectivity index is 2.29. The van der Waals surface area contributed by atoms with Gasteiger partial charge >= 0.3 is 18.6 Å². The van der Waals surface area contributed by atoms with Gasteiger partial charge in [0.15, 0.2) is 11.5 Å². The van der Waals surface area contributed by atoms with Crippen molar-refractivity contribution >= 4 is 29.6 Å². The predicted molar refractivity (Wildman–Crippen MR) is 106 cm³/mol. The van der Waals surface area contributed by atoms with Crippen LogP contribution in [0.4, 0.5) is 14.5 Å². The summed E-state index contributed by atoms with van der Waals surface area (Å²) in [5, 5.41) is 2.48. The molecular weight excluding hydrogens is 416 g/mol. The van der Waals surface area contributed by atoms with Gasteiger partial charge in [0, 0.05) is 17.3 Å². The van der Waals surface area contributed by atoms with Crippen LogP contribution in [0.5, 0.6) is 11.5 Å². The minimum Gasteiger partial charge on any atom is -0.493 e. The molecular formula is C21H19F2NO7. The maximum absolute atomic E-state index is 12.7. The number of anilines is 1. The number of para-hydroxylation sites is 1. The van der Waals surface area contributed by atoms with Crippen LogP contribution in [0, 0.1) is 0 Å². The number of alkyl halides is 2. The van der Waals surface area contributed by atoms with E-state index in [4.69, 9.17) is 4.74 Å². The highest BCUT2D eigenvalue weighted by Crippen LogP contribution is 2.33. The van der Waals surface area contributed by atoms with Gasteiger partial charge in [-0.05, 0) is 30.3 Å². The molecule has 8 nitrogen and oxygen atoms in total. The van der Waals surface area contributed by atoms with Gasteiger partial charge in [-0.15, -0.1) is 0 Å². The van der Waals surface area contributed by atoms with Crippen LogP contribution in [0.1, 0.15) is 26.3 Å². The third kappa shape index (κ3) is 6.26. The molecule has 0 aliphatic carbocycles. The van der Waals surface area contributed by atoms with E-state index < -0.39 is 24.5 Å². The zero-order chi connectivity index (χ0) is 23.0. The minimum atomic E-state index is -3.09. The number of carbonyl (C=O) groups is 3. The normalized spacial score (nSPS) is 10.6. The molecule has 0 fully saturated rings. The molecule has 2 aromatic carbocycles. The van der Waals surface area contributed by atoms with E-state index in [-0.39, 0.29) is 33.9 Å². The first-order chi connectivity index (χ1) is 14.8. The van der Waals surface area contributed by atoms with Gasteiger partial charge < -0.3 is 24.3 Å². The van der Waals surface area contributed by atoms with Crippen LogP contribution in [0.25, 0.3) is 6.08 Å². The monoisotopic (exact) mass is 435 g/mol.